The first-order chi connectivity index (χ1) is 8.20. The van der Waals surface area contributed by atoms with Gasteiger partial charge in [0.1, 0.15) is 11.6 Å². The van der Waals surface area contributed by atoms with Crippen LogP contribution in [-0.2, 0) is 0 Å². The summed E-state index contributed by atoms with van der Waals surface area (Å²) in [6.45, 7) is 7.62. The molecule has 2 rings (SSSR count). The Labute approximate surface area is 102 Å². The van der Waals surface area contributed by atoms with E-state index in [1.54, 1.807) is 0 Å². The zero-order chi connectivity index (χ0) is 12.3. The molecule has 1 aromatic rings. The summed E-state index contributed by atoms with van der Waals surface area (Å²) in [5.74, 6) is 1.37. The average molecular weight is 235 g/mol. The molecule has 2 heterocycles. The normalized spacial score (nSPS) is 17.4. The highest BCUT2D eigenvalue weighted by Crippen LogP contribution is 2.19. The minimum Gasteiger partial charge on any atom is -0.396 e. The van der Waals surface area contributed by atoms with Gasteiger partial charge >= 0.3 is 0 Å². The molecule has 0 radical (unpaired) electrons. The monoisotopic (exact) mass is 235 g/mol. The van der Waals surface area contributed by atoms with Crippen LogP contribution in [0.5, 0.6) is 0 Å². The van der Waals surface area contributed by atoms with Crippen LogP contribution in [0.25, 0.3) is 0 Å². The lowest BCUT2D eigenvalue weighted by Gasteiger charge is -2.35. The smallest absolute Gasteiger partial charge is 0.149 e. The number of nitrogens with zero attached hydrogens (tertiary/aromatic N) is 3. The Hall–Kier alpha value is -1.49. The Balaban J connectivity index is 1.98. The predicted octanol–water partition coefficient (Wildman–Crippen LogP) is 0.778. The van der Waals surface area contributed by atoms with E-state index in [1.165, 1.54) is 13.0 Å². The van der Waals surface area contributed by atoms with Crippen molar-refractivity contribution < 1.29 is 0 Å². The number of nitrogen functional groups attached to an aromatic ring is 2. The number of hydrogen-bond donors (Lipinski definition) is 2. The fourth-order valence-electron chi connectivity index (χ4n) is 2.17. The summed E-state index contributed by atoms with van der Waals surface area (Å²) in [7, 11) is 0. The summed E-state index contributed by atoms with van der Waals surface area (Å²) in [6.07, 6.45) is 1.22. The Morgan fingerprint density at radius 1 is 1.18 bits per heavy atom. The number of hydrogen-bond acceptors (Lipinski definition) is 5. The third kappa shape index (κ3) is 2.79. The topological polar surface area (TPSA) is 71.4 Å². The molecule has 1 aliphatic rings. The fourth-order valence-corrected chi connectivity index (χ4v) is 2.17. The first-order valence-corrected chi connectivity index (χ1v) is 6.20. The molecule has 1 fully saturated rings. The zero-order valence-electron chi connectivity index (χ0n) is 10.4. The van der Waals surface area contributed by atoms with Crippen LogP contribution >= 0.6 is 0 Å². The van der Waals surface area contributed by atoms with Crippen LogP contribution in [-0.4, -0.2) is 42.6 Å². The lowest BCUT2D eigenvalue weighted by atomic mass is 10.3. The zero-order valence-corrected chi connectivity index (χ0v) is 10.4. The lowest BCUT2D eigenvalue weighted by Crippen LogP contribution is -2.46. The molecule has 0 aliphatic carbocycles. The van der Waals surface area contributed by atoms with Crippen LogP contribution in [0.3, 0.4) is 0 Å². The summed E-state index contributed by atoms with van der Waals surface area (Å²) in [6, 6.07) is 3.78. The van der Waals surface area contributed by atoms with Gasteiger partial charge in [-0.15, -0.1) is 0 Å². The van der Waals surface area contributed by atoms with Crippen molar-refractivity contribution in [3.63, 3.8) is 0 Å². The van der Waals surface area contributed by atoms with Crippen LogP contribution in [0.15, 0.2) is 12.1 Å². The first kappa shape index (κ1) is 12.0. The molecule has 1 aromatic heterocycles. The summed E-state index contributed by atoms with van der Waals surface area (Å²) < 4.78 is 0. The minimum atomic E-state index is 0.429. The van der Waals surface area contributed by atoms with Gasteiger partial charge in [-0.3, -0.25) is 4.90 Å². The largest absolute Gasteiger partial charge is 0.396 e. The van der Waals surface area contributed by atoms with Gasteiger partial charge in [0.15, 0.2) is 0 Å². The molecule has 17 heavy (non-hydrogen) atoms. The van der Waals surface area contributed by atoms with E-state index in [0.717, 1.165) is 32.0 Å². The number of aromatic nitrogens is 1. The third-order valence-electron chi connectivity index (χ3n) is 3.18. The van der Waals surface area contributed by atoms with Gasteiger partial charge in [-0.25, -0.2) is 4.98 Å². The summed E-state index contributed by atoms with van der Waals surface area (Å²) >= 11 is 0. The molecule has 0 aromatic carbocycles. The molecule has 94 valence electrons. The highest BCUT2D eigenvalue weighted by Gasteiger charge is 2.17. The van der Waals surface area contributed by atoms with Gasteiger partial charge in [0.2, 0.25) is 0 Å². The van der Waals surface area contributed by atoms with E-state index in [2.05, 4.69) is 21.7 Å². The Morgan fingerprint density at radius 3 is 2.47 bits per heavy atom. The van der Waals surface area contributed by atoms with Crippen molar-refractivity contribution in [3.8, 4) is 0 Å². The van der Waals surface area contributed by atoms with Crippen LogP contribution in [0, 0.1) is 0 Å². The molecule has 0 amide bonds. The second kappa shape index (κ2) is 5.23. The van der Waals surface area contributed by atoms with Crippen molar-refractivity contribution in [2.75, 3.05) is 49.1 Å². The molecule has 0 unspecified atom stereocenters. The van der Waals surface area contributed by atoms with Gasteiger partial charge in [-0.1, -0.05) is 6.92 Å². The molecule has 0 spiro atoms. The van der Waals surface area contributed by atoms with Crippen molar-refractivity contribution in [2.24, 2.45) is 0 Å². The van der Waals surface area contributed by atoms with E-state index in [9.17, 15) is 0 Å². The number of anilines is 3. The quantitative estimate of drug-likeness (QED) is 0.810. The molecular weight excluding hydrogens is 214 g/mol. The van der Waals surface area contributed by atoms with Crippen LogP contribution < -0.4 is 16.4 Å². The van der Waals surface area contributed by atoms with Crippen LogP contribution in [0.4, 0.5) is 17.3 Å². The maximum absolute atomic E-state index is 5.73. The van der Waals surface area contributed by atoms with Gasteiger partial charge in [0.25, 0.3) is 0 Å². The van der Waals surface area contributed by atoms with E-state index in [1.807, 2.05) is 12.1 Å². The maximum atomic E-state index is 5.73. The van der Waals surface area contributed by atoms with Crippen LogP contribution in [0.2, 0.25) is 0 Å². The van der Waals surface area contributed by atoms with E-state index in [0.29, 0.717) is 11.5 Å². The van der Waals surface area contributed by atoms with Gasteiger partial charge < -0.3 is 16.4 Å². The third-order valence-corrected chi connectivity index (χ3v) is 3.18. The van der Waals surface area contributed by atoms with Crippen molar-refractivity contribution >= 4 is 17.3 Å². The average Bonchev–Trinajstić information content (AvgIpc) is 2.34. The van der Waals surface area contributed by atoms with Gasteiger partial charge in [0.05, 0.1) is 5.69 Å². The molecule has 1 aliphatic heterocycles. The Bertz CT molecular complexity index is 371. The minimum absolute atomic E-state index is 0.429. The molecule has 0 atom stereocenters. The standard InChI is InChI=1S/C12H21N5/c1-2-5-16-6-8-17(9-7-16)11-4-3-10(13)12(14)15-11/h3-4H,2,5-9,13H2,1H3,(H2,14,15). The van der Waals surface area contributed by atoms with Crippen molar-refractivity contribution in [1.82, 2.24) is 9.88 Å². The maximum Gasteiger partial charge on any atom is 0.149 e. The second-order valence-electron chi connectivity index (χ2n) is 4.47. The molecule has 5 nitrogen and oxygen atoms in total. The van der Waals surface area contributed by atoms with Crippen molar-refractivity contribution in [2.45, 2.75) is 13.3 Å². The van der Waals surface area contributed by atoms with E-state index in [-0.39, 0.29) is 0 Å². The molecular formula is C12H21N5. The van der Waals surface area contributed by atoms with E-state index < -0.39 is 0 Å². The molecule has 0 bridgehead atoms. The lowest BCUT2D eigenvalue weighted by molar-refractivity contribution is 0.258. The fraction of sp³-hybridized carbons (Fsp3) is 0.583. The van der Waals surface area contributed by atoms with E-state index >= 15 is 0 Å². The Kier molecular flexibility index (Phi) is 3.68. The predicted molar refractivity (Wildman–Crippen MR) is 72.0 cm³/mol. The number of pyridine rings is 1. The van der Waals surface area contributed by atoms with Crippen LogP contribution in [0.1, 0.15) is 13.3 Å². The highest BCUT2D eigenvalue weighted by molar-refractivity contribution is 5.62. The molecule has 4 N–H and O–H groups in total. The van der Waals surface area contributed by atoms with Gasteiger partial charge in [-0.2, -0.15) is 0 Å². The number of nitrogens with two attached hydrogens (primary N) is 2. The Morgan fingerprint density at radius 2 is 1.88 bits per heavy atom. The first-order valence-electron chi connectivity index (χ1n) is 6.20. The summed E-state index contributed by atoms with van der Waals surface area (Å²) in [5.41, 5.74) is 11.9. The molecule has 0 saturated carbocycles. The van der Waals surface area contributed by atoms with E-state index in [4.69, 9.17) is 11.5 Å². The second-order valence-corrected chi connectivity index (χ2v) is 4.47. The van der Waals surface area contributed by atoms with Crippen molar-refractivity contribution in [3.05, 3.63) is 12.1 Å². The van der Waals surface area contributed by atoms with Gasteiger partial charge in [-0.05, 0) is 25.1 Å². The summed E-state index contributed by atoms with van der Waals surface area (Å²) in [4.78, 5) is 9.08. The number of piperazine rings is 1. The highest BCUT2D eigenvalue weighted by atomic mass is 15.3. The molecule has 1 saturated heterocycles. The summed E-state index contributed by atoms with van der Waals surface area (Å²) in [5, 5.41) is 0. The SMILES string of the molecule is CCCN1CCN(c2ccc(N)c(N)n2)CC1. The van der Waals surface area contributed by atoms with Gasteiger partial charge in [0, 0.05) is 26.2 Å². The molecule has 5 heteroatoms. The van der Waals surface area contributed by atoms with Crippen molar-refractivity contribution in [1.29, 1.82) is 0 Å². The number of rotatable bonds is 3.